The first-order valence-electron chi connectivity index (χ1n) is 12.1. The minimum atomic E-state index is -0.456. The third-order valence-corrected chi connectivity index (χ3v) is 7.38. The Labute approximate surface area is 210 Å². The number of fused-ring (bicyclic) bond motifs is 1. The Hall–Kier alpha value is -2.68. The van der Waals surface area contributed by atoms with E-state index in [0.717, 1.165) is 67.8 Å². The summed E-state index contributed by atoms with van der Waals surface area (Å²) in [5, 5.41) is 4.18. The normalized spacial score (nSPS) is 19.6. The third kappa shape index (κ3) is 5.29. The van der Waals surface area contributed by atoms with Gasteiger partial charge in [0.2, 0.25) is 0 Å². The monoisotopic (exact) mass is 498 g/mol. The fraction of sp³-hybridized carbons (Fsp3) is 0.462. The van der Waals surface area contributed by atoms with Gasteiger partial charge < -0.3 is 24.8 Å². The van der Waals surface area contributed by atoms with E-state index in [1.54, 1.807) is 18.5 Å². The Kier molecular flexibility index (Phi) is 6.95. The van der Waals surface area contributed by atoms with Gasteiger partial charge in [-0.2, -0.15) is 0 Å². The zero-order chi connectivity index (χ0) is 24.5. The molecule has 1 aromatic heterocycles. The molecule has 7 nitrogen and oxygen atoms in total. The maximum atomic E-state index is 13.7. The number of hydrogen-bond donors (Lipinski definition) is 1. The van der Waals surface area contributed by atoms with Crippen molar-refractivity contribution in [1.29, 1.82) is 0 Å². The van der Waals surface area contributed by atoms with Gasteiger partial charge in [-0.3, -0.25) is 0 Å². The van der Waals surface area contributed by atoms with Crippen LogP contribution >= 0.6 is 11.6 Å². The average Bonchev–Trinajstić information content (AvgIpc) is 3.34. The molecule has 5 rings (SSSR count). The molecule has 2 saturated heterocycles. The maximum Gasteiger partial charge on any atom is 0.145 e. The smallest absolute Gasteiger partial charge is 0.145 e. The highest BCUT2D eigenvalue weighted by Crippen LogP contribution is 2.38. The topological polar surface area (TPSA) is 56.8 Å². The van der Waals surface area contributed by atoms with E-state index in [2.05, 4.69) is 63.3 Å². The zero-order valence-corrected chi connectivity index (χ0v) is 21.2. The van der Waals surface area contributed by atoms with Crippen molar-refractivity contribution in [3.8, 4) is 5.75 Å². The minimum absolute atomic E-state index is 0.0583. The van der Waals surface area contributed by atoms with Crippen LogP contribution in [0.1, 0.15) is 19.3 Å². The van der Waals surface area contributed by atoms with Crippen molar-refractivity contribution in [3.05, 3.63) is 47.5 Å². The molecule has 186 valence electrons. The summed E-state index contributed by atoms with van der Waals surface area (Å²) in [6, 6.07) is 9.31. The SMILES string of the molecule is CN1CCC(Oc2cc(N3CCC(N(C)C)C3)cc3ncnc(Nc4ccc(F)c(Cl)c4)c23)CC1. The first kappa shape index (κ1) is 24.0. The van der Waals surface area contributed by atoms with Crippen molar-refractivity contribution in [2.24, 2.45) is 0 Å². The number of benzene rings is 2. The number of nitrogens with one attached hydrogen (secondary N) is 1. The van der Waals surface area contributed by atoms with E-state index >= 15 is 0 Å². The van der Waals surface area contributed by atoms with Crippen LogP contribution in [0, 0.1) is 5.82 Å². The fourth-order valence-electron chi connectivity index (χ4n) is 4.90. The quantitative estimate of drug-likeness (QED) is 0.525. The summed E-state index contributed by atoms with van der Waals surface area (Å²) in [6.07, 6.45) is 4.74. The van der Waals surface area contributed by atoms with Crippen LogP contribution in [0.25, 0.3) is 10.9 Å². The van der Waals surface area contributed by atoms with E-state index in [9.17, 15) is 4.39 Å². The van der Waals surface area contributed by atoms with Crippen molar-refractivity contribution < 1.29 is 9.13 Å². The van der Waals surface area contributed by atoms with E-state index in [1.807, 2.05) is 0 Å². The highest BCUT2D eigenvalue weighted by Gasteiger charge is 2.27. The van der Waals surface area contributed by atoms with Crippen LogP contribution in [0.15, 0.2) is 36.7 Å². The molecule has 3 aromatic rings. The van der Waals surface area contributed by atoms with Gasteiger partial charge in [-0.25, -0.2) is 14.4 Å². The van der Waals surface area contributed by atoms with E-state index in [4.69, 9.17) is 16.3 Å². The summed E-state index contributed by atoms with van der Waals surface area (Å²) >= 11 is 6.01. The van der Waals surface area contributed by atoms with Gasteiger partial charge in [0.15, 0.2) is 0 Å². The lowest BCUT2D eigenvalue weighted by atomic mass is 10.1. The molecule has 35 heavy (non-hydrogen) atoms. The van der Waals surface area contributed by atoms with Gasteiger partial charge in [0, 0.05) is 49.7 Å². The standard InChI is InChI=1S/C26H32ClFN6O/c1-32(2)18-6-11-34(15-18)19-13-23-25(24(14-19)35-20-7-9-33(3)10-8-20)26(30-16-29-23)31-17-4-5-22(28)21(27)12-17/h4-5,12-14,16,18,20H,6-11,15H2,1-3H3,(H,29,30,31). The van der Waals surface area contributed by atoms with E-state index < -0.39 is 5.82 Å². The van der Waals surface area contributed by atoms with Crippen LogP contribution in [-0.4, -0.2) is 79.2 Å². The lowest BCUT2D eigenvalue weighted by Crippen LogP contribution is -2.35. The number of piperidine rings is 1. The van der Waals surface area contributed by atoms with Crippen LogP contribution in [0.2, 0.25) is 5.02 Å². The summed E-state index contributed by atoms with van der Waals surface area (Å²) in [7, 11) is 6.41. The number of ether oxygens (including phenoxy) is 1. The van der Waals surface area contributed by atoms with Crippen molar-refractivity contribution in [2.75, 3.05) is 57.5 Å². The molecule has 0 radical (unpaired) electrons. The minimum Gasteiger partial charge on any atom is -0.489 e. The Balaban J connectivity index is 1.53. The molecule has 0 bridgehead atoms. The third-order valence-electron chi connectivity index (χ3n) is 7.09. The first-order chi connectivity index (χ1) is 16.9. The van der Waals surface area contributed by atoms with Crippen molar-refractivity contribution in [2.45, 2.75) is 31.4 Å². The Morgan fingerprint density at radius 3 is 2.60 bits per heavy atom. The molecule has 0 amide bonds. The van der Waals surface area contributed by atoms with Gasteiger partial charge in [0.25, 0.3) is 0 Å². The molecule has 3 heterocycles. The van der Waals surface area contributed by atoms with Gasteiger partial charge in [0.1, 0.15) is 29.8 Å². The molecule has 0 spiro atoms. The molecule has 1 atom stereocenters. The van der Waals surface area contributed by atoms with Crippen LogP contribution in [-0.2, 0) is 0 Å². The number of anilines is 3. The highest BCUT2D eigenvalue weighted by atomic mass is 35.5. The van der Waals surface area contributed by atoms with E-state index in [1.165, 1.54) is 6.07 Å². The predicted octanol–water partition coefficient (Wildman–Crippen LogP) is 4.78. The summed E-state index contributed by atoms with van der Waals surface area (Å²) in [5.41, 5.74) is 2.57. The number of halogens is 2. The van der Waals surface area contributed by atoms with E-state index in [-0.39, 0.29) is 11.1 Å². The van der Waals surface area contributed by atoms with Crippen molar-refractivity contribution in [1.82, 2.24) is 19.8 Å². The Morgan fingerprint density at radius 1 is 1.09 bits per heavy atom. The van der Waals surface area contributed by atoms with Crippen LogP contribution in [0.5, 0.6) is 5.75 Å². The van der Waals surface area contributed by atoms with Crippen LogP contribution in [0.4, 0.5) is 21.6 Å². The molecule has 1 unspecified atom stereocenters. The molecule has 0 saturated carbocycles. The van der Waals surface area contributed by atoms with Crippen molar-refractivity contribution >= 4 is 39.7 Å². The van der Waals surface area contributed by atoms with Gasteiger partial charge in [-0.15, -0.1) is 0 Å². The molecule has 2 aliphatic heterocycles. The molecular weight excluding hydrogens is 467 g/mol. The second-order valence-corrected chi connectivity index (χ2v) is 10.2. The molecule has 1 N–H and O–H groups in total. The second kappa shape index (κ2) is 10.1. The summed E-state index contributed by atoms with van der Waals surface area (Å²) in [5.74, 6) is 0.929. The number of rotatable bonds is 6. The number of likely N-dealkylation sites (N-methyl/N-ethyl adjacent to an activating group) is 1. The largest absolute Gasteiger partial charge is 0.489 e. The lowest BCUT2D eigenvalue weighted by Gasteiger charge is -2.30. The van der Waals surface area contributed by atoms with E-state index in [0.29, 0.717) is 17.5 Å². The molecular formula is C26H32ClFN6O. The van der Waals surface area contributed by atoms with Gasteiger partial charge >= 0.3 is 0 Å². The highest BCUT2D eigenvalue weighted by molar-refractivity contribution is 6.31. The van der Waals surface area contributed by atoms with Gasteiger partial charge in [0.05, 0.1) is 15.9 Å². The van der Waals surface area contributed by atoms with Gasteiger partial charge in [-0.1, -0.05) is 11.6 Å². The van der Waals surface area contributed by atoms with Crippen molar-refractivity contribution in [3.63, 3.8) is 0 Å². The number of nitrogens with zero attached hydrogens (tertiary/aromatic N) is 5. The molecule has 2 aromatic carbocycles. The number of aromatic nitrogens is 2. The first-order valence-corrected chi connectivity index (χ1v) is 12.5. The summed E-state index contributed by atoms with van der Waals surface area (Å²) < 4.78 is 20.3. The molecule has 2 aliphatic rings. The molecule has 9 heteroatoms. The number of likely N-dealkylation sites (tertiary alicyclic amines) is 1. The lowest BCUT2D eigenvalue weighted by molar-refractivity contribution is 0.116. The molecule has 0 aliphatic carbocycles. The summed E-state index contributed by atoms with van der Waals surface area (Å²) in [4.78, 5) is 16.1. The molecule has 2 fully saturated rings. The summed E-state index contributed by atoms with van der Waals surface area (Å²) in [6.45, 7) is 3.98. The number of hydrogen-bond acceptors (Lipinski definition) is 7. The second-order valence-electron chi connectivity index (χ2n) is 9.79. The van der Waals surface area contributed by atoms with Gasteiger partial charge in [-0.05, 0) is 64.7 Å². The predicted molar refractivity (Wildman–Crippen MR) is 140 cm³/mol. The fourth-order valence-corrected chi connectivity index (χ4v) is 5.08. The zero-order valence-electron chi connectivity index (χ0n) is 20.5. The Morgan fingerprint density at radius 2 is 1.89 bits per heavy atom. The van der Waals surface area contributed by atoms with Crippen LogP contribution in [0.3, 0.4) is 0 Å². The van der Waals surface area contributed by atoms with Crippen LogP contribution < -0.4 is 15.0 Å². The Bertz CT molecular complexity index is 1200. The average molecular weight is 499 g/mol. The maximum absolute atomic E-state index is 13.7.